The van der Waals surface area contributed by atoms with Crippen LogP contribution in [0.4, 0.5) is 9.18 Å². The van der Waals surface area contributed by atoms with E-state index in [1.807, 2.05) is 39.0 Å². The Bertz CT molecular complexity index is 1360. The number of benzene rings is 1. The van der Waals surface area contributed by atoms with E-state index in [0.717, 1.165) is 37.0 Å². The first-order valence-corrected chi connectivity index (χ1v) is 14.3. The van der Waals surface area contributed by atoms with Gasteiger partial charge in [0, 0.05) is 45.9 Å². The van der Waals surface area contributed by atoms with Crippen LogP contribution in [0.1, 0.15) is 76.8 Å². The first kappa shape index (κ1) is 28.3. The molecule has 3 aliphatic rings. The molecule has 1 unspecified atom stereocenters. The molecule has 40 heavy (non-hydrogen) atoms. The number of amides is 3. The third-order valence-electron chi connectivity index (χ3n) is 8.50. The van der Waals surface area contributed by atoms with Crippen LogP contribution >= 0.6 is 0 Å². The van der Waals surface area contributed by atoms with Crippen molar-refractivity contribution < 1.29 is 23.5 Å². The van der Waals surface area contributed by atoms with Crippen LogP contribution in [0.3, 0.4) is 0 Å². The minimum atomic E-state index is -1.34. The number of halogens is 1. The largest absolute Gasteiger partial charge is 0.444 e. The molecule has 4 heterocycles. The van der Waals surface area contributed by atoms with Gasteiger partial charge >= 0.3 is 11.8 Å². The van der Waals surface area contributed by atoms with E-state index in [-0.39, 0.29) is 30.0 Å². The number of ether oxygens (including phenoxy) is 1. The zero-order valence-corrected chi connectivity index (χ0v) is 23.9. The number of carbonyl (C=O) groups is 3. The van der Waals surface area contributed by atoms with E-state index < -0.39 is 23.2 Å². The van der Waals surface area contributed by atoms with Crippen LogP contribution in [-0.2, 0) is 21.4 Å². The van der Waals surface area contributed by atoms with E-state index >= 15 is 4.39 Å². The number of para-hydroxylation sites is 1. The van der Waals surface area contributed by atoms with Gasteiger partial charge in [0.15, 0.2) is 0 Å². The van der Waals surface area contributed by atoms with Crippen LogP contribution < -0.4 is 11.0 Å². The maximum absolute atomic E-state index is 15.8. The summed E-state index contributed by atoms with van der Waals surface area (Å²) >= 11 is 0. The lowest BCUT2D eigenvalue weighted by atomic mass is 9.87. The summed E-state index contributed by atoms with van der Waals surface area (Å²) in [6, 6.07) is 5.10. The molecule has 218 valence electrons. The van der Waals surface area contributed by atoms with Crippen LogP contribution in [0.5, 0.6) is 0 Å². The molecule has 11 heteroatoms. The number of imide groups is 1. The van der Waals surface area contributed by atoms with Gasteiger partial charge in [0.25, 0.3) is 0 Å². The number of hydrogen-bond donors (Lipinski definition) is 1. The highest BCUT2D eigenvalue weighted by atomic mass is 19.1. The molecule has 3 fully saturated rings. The van der Waals surface area contributed by atoms with Crippen LogP contribution in [0.25, 0.3) is 11.0 Å². The summed E-state index contributed by atoms with van der Waals surface area (Å²) in [4.78, 5) is 53.6. The summed E-state index contributed by atoms with van der Waals surface area (Å²) in [5, 5.41) is 2.36. The van der Waals surface area contributed by atoms with Gasteiger partial charge in [0.05, 0.1) is 11.0 Å². The van der Waals surface area contributed by atoms with Crippen molar-refractivity contribution in [2.45, 2.75) is 82.5 Å². The maximum Gasteiger partial charge on any atom is 0.410 e. The average Bonchev–Trinajstić information content (AvgIpc) is 3.14. The Kier molecular flexibility index (Phi) is 7.54. The summed E-state index contributed by atoms with van der Waals surface area (Å²) < 4.78 is 24.3. The van der Waals surface area contributed by atoms with Gasteiger partial charge in [-0.1, -0.05) is 12.1 Å². The van der Waals surface area contributed by atoms with Gasteiger partial charge in [0.1, 0.15) is 17.3 Å². The van der Waals surface area contributed by atoms with Gasteiger partial charge < -0.3 is 14.5 Å². The second kappa shape index (κ2) is 10.6. The van der Waals surface area contributed by atoms with Gasteiger partial charge in [-0.3, -0.25) is 24.0 Å². The van der Waals surface area contributed by atoms with E-state index in [4.69, 9.17) is 4.74 Å². The Balaban J connectivity index is 1.24. The lowest BCUT2D eigenvalue weighted by Gasteiger charge is -2.41. The fourth-order valence-corrected chi connectivity index (χ4v) is 6.41. The molecule has 5 rings (SSSR count). The highest BCUT2D eigenvalue weighted by Gasteiger charge is 2.39. The molecule has 0 aliphatic carbocycles. The van der Waals surface area contributed by atoms with Crippen LogP contribution in [-0.4, -0.2) is 80.8 Å². The first-order chi connectivity index (χ1) is 18.8. The van der Waals surface area contributed by atoms with E-state index in [0.29, 0.717) is 44.4 Å². The fourth-order valence-electron chi connectivity index (χ4n) is 6.41. The Labute approximate surface area is 233 Å². The summed E-state index contributed by atoms with van der Waals surface area (Å²) in [6.07, 6.45) is 2.36. The predicted octanol–water partition coefficient (Wildman–Crippen LogP) is 3.24. The third-order valence-corrected chi connectivity index (χ3v) is 8.50. The van der Waals surface area contributed by atoms with Crippen molar-refractivity contribution in [2.24, 2.45) is 7.05 Å². The molecule has 1 N–H and O–H groups in total. The predicted molar refractivity (Wildman–Crippen MR) is 148 cm³/mol. The normalized spacial score (nSPS) is 22.9. The summed E-state index contributed by atoms with van der Waals surface area (Å²) in [6.45, 7) is 8.00. The van der Waals surface area contributed by atoms with Crippen LogP contribution in [0.2, 0.25) is 0 Å². The van der Waals surface area contributed by atoms with E-state index in [1.54, 1.807) is 16.5 Å². The number of likely N-dealkylation sites (tertiary alicyclic amines) is 2. The monoisotopic (exact) mass is 557 g/mol. The molecule has 3 aliphatic heterocycles. The number of piperidine rings is 3. The third kappa shape index (κ3) is 5.66. The molecule has 1 aromatic carbocycles. The molecular formula is C29H40FN5O5. The Morgan fingerprint density at radius 1 is 1.07 bits per heavy atom. The van der Waals surface area contributed by atoms with Crippen molar-refractivity contribution in [3.63, 3.8) is 0 Å². The zero-order valence-electron chi connectivity index (χ0n) is 23.9. The number of nitrogens with one attached hydrogen (secondary N) is 1. The lowest BCUT2D eigenvalue weighted by Crippen LogP contribution is -2.51. The molecule has 1 atom stereocenters. The summed E-state index contributed by atoms with van der Waals surface area (Å²) in [7, 11) is 1.72. The minimum absolute atomic E-state index is 0.201. The van der Waals surface area contributed by atoms with Gasteiger partial charge in [-0.05, 0) is 70.7 Å². The molecule has 0 spiro atoms. The molecule has 0 bridgehead atoms. The molecule has 3 saturated heterocycles. The van der Waals surface area contributed by atoms with Crippen molar-refractivity contribution in [3.8, 4) is 0 Å². The van der Waals surface area contributed by atoms with Crippen molar-refractivity contribution >= 4 is 28.9 Å². The SMILES string of the molecule is Cn1c(=O)n(C2CCC(=O)NC2=O)c2cccc(C3CCN(CC4(F)CCN(C(=O)OC(C)(C)C)CC4)CC3)c21. The highest BCUT2D eigenvalue weighted by Crippen LogP contribution is 2.36. The standard InChI is InChI=1S/C29H40FN5O5/c1-28(2,3)40-27(39)34-16-12-29(30,13-17-34)18-33-14-10-19(11-15-33)20-6-5-7-21-24(20)32(4)26(38)35(21)22-8-9-23(36)31-25(22)37/h5-7,19,22H,8-18H2,1-4H3,(H,31,36,37). The number of carbonyl (C=O) groups excluding carboxylic acids is 3. The van der Waals surface area contributed by atoms with Crippen molar-refractivity contribution in [1.29, 1.82) is 0 Å². The molecule has 10 nitrogen and oxygen atoms in total. The van der Waals surface area contributed by atoms with Crippen molar-refractivity contribution in [3.05, 3.63) is 34.2 Å². The first-order valence-electron chi connectivity index (χ1n) is 14.3. The van der Waals surface area contributed by atoms with E-state index in [1.165, 1.54) is 4.57 Å². The Morgan fingerprint density at radius 2 is 1.75 bits per heavy atom. The minimum Gasteiger partial charge on any atom is -0.444 e. The number of aryl methyl sites for hydroxylation is 1. The fraction of sp³-hybridized carbons (Fsp3) is 0.655. The topological polar surface area (TPSA) is 106 Å². The number of alkyl halides is 1. The van der Waals surface area contributed by atoms with Gasteiger partial charge in [-0.25, -0.2) is 14.0 Å². The van der Waals surface area contributed by atoms with Crippen LogP contribution in [0.15, 0.2) is 23.0 Å². The quantitative estimate of drug-likeness (QED) is 0.579. The van der Waals surface area contributed by atoms with Crippen molar-refractivity contribution in [1.82, 2.24) is 24.3 Å². The zero-order chi connectivity index (χ0) is 28.8. The van der Waals surface area contributed by atoms with Gasteiger partial charge in [-0.2, -0.15) is 0 Å². The lowest BCUT2D eigenvalue weighted by molar-refractivity contribution is -0.135. The maximum atomic E-state index is 15.8. The average molecular weight is 558 g/mol. The molecule has 3 amide bonds. The smallest absolute Gasteiger partial charge is 0.410 e. The van der Waals surface area contributed by atoms with E-state index in [9.17, 15) is 19.2 Å². The Hall–Kier alpha value is -3.21. The van der Waals surface area contributed by atoms with E-state index in [2.05, 4.69) is 10.2 Å². The van der Waals surface area contributed by atoms with Gasteiger partial charge in [-0.15, -0.1) is 0 Å². The number of hydrogen-bond acceptors (Lipinski definition) is 6. The second-order valence-corrected chi connectivity index (χ2v) is 12.6. The number of rotatable bonds is 4. The van der Waals surface area contributed by atoms with Gasteiger partial charge in [0.2, 0.25) is 11.8 Å². The molecule has 0 saturated carbocycles. The number of aromatic nitrogens is 2. The number of nitrogens with zero attached hydrogens (tertiary/aromatic N) is 4. The molecule has 1 aromatic heterocycles. The molecule has 0 radical (unpaired) electrons. The number of fused-ring (bicyclic) bond motifs is 1. The highest BCUT2D eigenvalue weighted by molar-refractivity contribution is 6.00. The summed E-state index contributed by atoms with van der Waals surface area (Å²) in [5.74, 6) is -0.556. The molecular weight excluding hydrogens is 517 g/mol. The van der Waals surface area contributed by atoms with Crippen molar-refractivity contribution in [2.75, 3.05) is 32.7 Å². The number of imidazole rings is 1. The molecule has 2 aromatic rings. The van der Waals surface area contributed by atoms with Crippen LogP contribution in [0, 0.1) is 0 Å². The summed E-state index contributed by atoms with van der Waals surface area (Å²) in [5.41, 5.74) is 0.382. The second-order valence-electron chi connectivity index (χ2n) is 12.6. The Morgan fingerprint density at radius 3 is 2.38 bits per heavy atom.